The minimum Gasteiger partial charge on any atom is -0.462 e. The number of carbonyl (C=O) groups is 1. The Balaban J connectivity index is 2.17. The molecule has 19 heavy (non-hydrogen) atoms. The lowest BCUT2D eigenvalue weighted by Gasteiger charge is -2.38. The fourth-order valence-corrected chi connectivity index (χ4v) is 3.46. The lowest BCUT2D eigenvalue weighted by atomic mass is 10.2. The van der Waals surface area contributed by atoms with Crippen molar-refractivity contribution < 1.29 is 9.53 Å². The van der Waals surface area contributed by atoms with E-state index in [0.29, 0.717) is 23.2 Å². The van der Waals surface area contributed by atoms with Gasteiger partial charge in [-0.1, -0.05) is 0 Å². The Hall–Kier alpha value is -1.27. The molecule has 2 heterocycles. The molecule has 1 atom stereocenters. The first kappa shape index (κ1) is 14.1. The summed E-state index contributed by atoms with van der Waals surface area (Å²) in [5, 5.41) is 1.06. The van der Waals surface area contributed by atoms with Gasteiger partial charge in [0.25, 0.3) is 0 Å². The molecule has 106 valence electrons. The van der Waals surface area contributed by atoms with Crippen LogP contribution in [0.4, 0.5) is 10.7 Å². The maximum absolute atomic E-state index is 11.8. The van der Waals surface area contributed by atoms with Gasteiger partial charge in [0, 0.05) is 25.7 Å². The topological polar surface area (TPSA) is 58.8 Å². The molecule has 0 aromatic carbocycles. The molecular formula is C13H21N3O2S. The Morgan fingerprint density at radius 2 is 2.32 bits per heavy atom. The summed E-state index contributed by atoms with van der Waals surface area (Å²) >= 11 is 1.43. The van der Waals surface area contributed by atoms with Crippen molar-refractivity contribution in [3.63, 3.8) is 0 Å². The second kappa shape index (κ2) is 5.79. The maximum atomic E-state index is 11.8. The smallest absolute Gasteiger partial charge is 0.350 e. The molecule has 1 fully saturated rings. The van der Waals surface area contributed by atoms with Gasteiger partial charge < -0.3 is 20.3 Å². The van der Waals surface area contributed by atoms with Crippen LogP contribution in [-0.4, -0.2) is 50.2 Å². The number of esters is 1. The van der Waals surface area contributed by atoms with Gasteiger partial charge in [0.1, 0.15) is 4.88 Å². The summed E-state index contributed by atoms with van der Waals surface area (Å²) in [4.78, 5) is 16.9. The van der Waals surface area contributed by atoms with Crippen molar-refractivity contribution in [3.8, 4) is 0 Å². The van der Waals surface area contributed by atoms with Crippen LogP contribution in [0.1, 0.15) is 23.5 Å². The average Bonchev–Trinajstić information content (AvgIpc) is 2.71. The third kappa shape index (κ3) is 3.01. The number of nitrogen functional groups attached to an aromatic ring is 1. The molecule has 1 aliphatic rings. The van der Waals surface area contributed by atoms with Gasteiger partial charge in [0.15, 0.2) is 0 Å². The van der Waals surface area contributed by atoms with Gasteiger partial charge in [0.2, 0.25) is 0 Å². The third-order valence-electron chi connectivity index (χ3n) is 3.32. The predicted molar refractivity (Wildman–Crippen MR) is 79.0 cm³/mol. The molecule has 0 radical (unpaired) electrons. The van der Waals surface area contributed by atoms with E-state index < -0.39 is 0 Å². The van der Waals surface area contributed by atoms with Gasteiger partial charge in [-0.15, -0.1) is 11.3 Å². The van der Waals surface area contributed by atoms with E-state index in [0.717, 1.165) is 24.6 Å². The van der Waals surface area contributed by atoms with Crippen LogP contribution in [0.25, 0.3) is 0 Å². The molecule has 1 aromatic heterocycles. The van der Waals surface area contributed by atoms with Crippen molar-refractivity contribution in [2.24, 2.45) is 0 Å². The van der Waals surface area contributed by atoms with E-state index in [1.54, 1.807) is 6.92 Å². The van der Waals surface area contributed by atoms with Crippen molar-refractivity contribution >= 4 is 28.0 Å². The molecule has 0 spiro atoms. The molecule has 1 aliphatic heterocycles. The summed E-state index contributed by atoms with van der Waals surface area (Å²) in [5.74, 6) is -0.321. The minimum absolute atomic E-state index is 0.321. The zero-order chi connectivity index (χ0) is 14.0. The van der Waals surface area contributed by atoms with Gasteiger partial charge in [-0.2, -0.15) is 0 Å². The lowest BCUT2D eigenvalue weighted by Crippen LogP contribution is -2.50. The summed E-state index contributed by atoms with van der Waals surface area (Å²) in [5.41, 5.74) is 6.44. The number of rotatable bonds is 3. The third-order valence-corrected chi connectivity index (χ3v) is 4.49. The molecule has 0 aliphatic carbocycles. The number of hydrogen-bond acceptors (Lipinski definition) is 6. The fourth-order valence-electron chi connectivity index (χ4n) is 2.36. The largest absolute Gasteiger partial charge is 0.462 e. The number of likely N-dealkylation sites (N-methyl/N-ethyl adjacent to an activating group) is 1. The first-order valence-electron chi connectivity index (χ1n) is 6.54. The molecule has 1 saturated heterocycles. The van der Waals surface area contributed by atoms with Gasteiger partial charge >= 0.3 is 5.97 Å². The standard InChI is InChI=1S/C13H21N3O2S/c1-4-18-13(17)12-10(14)7-11(19-12)16-6-5-15(3)8-9(16)2/h7,9H,4-6,8,14H2,1-3H3. The second-order valence-corrected chi connectivity index (χ2v) is 5.92. The van der Waals surface area contributed by atoms with Crippen LogP contribution >= 0.6 is 11.3 Å². The second-order valence-electron chi connectivity index (χ2n) is 4.89. The van der Waals surface area contributed by atoms with Gasteiger partial charge in [-0.3, -0.25) is 0 Å². The van der Waals surface area contributed by atoms with Crippen molar-refractivity contribution in [2.45, 2.75) is 19.9 Å². The number of nitrogens with zero attached hydrogens (tertiary/aromatic N) is 2. The van der Waals surface area contributed by atoms with Crippen LogP contribution < -0.4 is 10.6 Å². The molecule has 0 saturated carbocycles. The Kier molecular flexibility index (Phi) is 4.31. The Morgan fingerprint density at radius 3 is 2.95 bits per heavy atom. The summed E-state index contributed by atoms with van der Waals surface area (Å²) in [6.07, 6.45) is 0. The van der Waals surface area contributed by atoms with Crippen LogP contribution in [0.5, 0.6) is 0 Å². The molecular weight excluding hydrogens is 262 g/mol. The highest BCUT2D eigenvalue weighted by Crippen LogP contribution is 2.34. The van der Waals surface area contributed by atoms with Crippen LogP contribution in [-0.2, 0) is 4.74 Å². The maximum Gasteiger partial charge on any atom is 0.350 e. The number of carbonyl (C=O) groups excluding carboxylic acids is 1. The molecule has 5 nitrogen and oxygen atoms in total. The first-order valence-corrected chi connectivity index (χ1v) is 7.36. The van der Waals surface area contributed by atoms with Crippen LogP contribution in [0, 0.1) is 0 Å². The normalized spacial score (nSPS) is 20.6. The molecule has 2 N–H and O–H groups in total. The number of anilines is 2. The van der Waals surface area contributed by atoms with Crippen molar-refractivity contribution in [3.05, 3.63) is 10.9 Å². The molecule has 1 unspecified atom stereocenters. The number of piperazine rings is 1. The van der Waals surface area contributed by atoms with E-state index in [1.165, 1.54) is 11.3 Å². The average molecular weight is 283 g/mol. The van der Waals surface area contributed by atoms with E-state index in [9.17, 15) is 4.79 Å². The van der Waals surface area contributed by atoms with Gasteiger partial charge in [0.05, 0.1) is 17.3 Å². The van der Waals surface area contributed by atoms with E-state index in [2.05, 4.69) is 23.8 Å². The van der Waals surface area contributed by atoms with E-state index >= 15 is 0 Å². The monoisotopic (exact) mass is 283 g/mol. The van der Waals surface area contributed by atoms with Crippen LogP contribution in [0.3, 0.4) is 0 Å². The quantitative estimate of drug-likeness (QED) is 0.855. The molecule has 0 amide bonds. The SMILES string of the molecule is CCOC(=O)c1sc(N2CCN(C)CC2C)cc1N. The Morgan fingerprint density at radius 1 is 1.58 bits per heavy atom. The summed E-state index contributed by atoms with van der Waals surface area (Å²) in [6, 6.07) is 2.31. The van der Waals surface area contributed by atoms with Crippen molar-refractivity contribution in [1.29, 1.82) is 0 Å². The number of hydrogen-bond donors (Lipinski definition) is 1. The summed E-state index contributed by atoms with van der Waals surface area (Å²) in [7, 11) is 2.13. The molecule has 6 heteroatoms. The zero-order valence-electron chi connectivity index (χ0n) is 11.7. The Labute approximate surface area is 117 Å². The highest BCUT2D eigenvalue weighted by atomic mass is 32.1. The van der Waals surface area contributed by atoms with Crippen LogP contribution in [0.2, 0.25) is 0 Å². The van der Waals surface area contributed by atoms with Crippen molar-refractivity contribution in [2.75, 3.05) is 43.9 Å². The molecule has 1 aromatic rings. The predicted octanol–water partition coefficient (Wildman–Crippen LogP) is 1.65. The molecule has 0 bridgehead atoms. The zero-order valence-corrected chi connectivity index (χ0v) is 12.5. The first-order chi connectivity index (χ1) is 9.02. The summed E-state index contributed by atoms with van der Waals surface area (Å²) in [6.45, 7) is 7.36. The van der Waals surface area contributed by atoms with Crippen LogP contribution in [0.15, 0.2) is 6.07 Å². The molecule has 2 rings (SSSR count). The van der Waals surface area contributed by atoms with Gasteiger partial charge in [-0.25, -0.2) is 4.79 Å². The van der Waals surface area contributed by atoms with E-state index in [1.807, 2.05) is 6.07 Å². The minimum atomic E-state index is -0.321. The number of nitrogens with two attached hydrogens (primary N) is 1. The van der Waals surface area contributed by atoms with E-state index in [4.69, 9.17) is 10.5 Å². The lowest BCUT2D eigenvalue weighted by molar-refractivity contribution is 0.0533. The van der Waals surface area contributed by atoms with E-state index in [-0.39, 0.29) is 5.97 Å². The van der Waals surface area contributed by atoms with Crippen molar-refractivity contribution in [1.82, 2.24) is 4.90 Å². The van der Waals surface area contributed by atoms with Gasteiger partial charge in [-0.05, 0) is 27.0 Å². The fraction of sp³-hybridized carbons (Fsp3) is 0.615. The number of ether oxygens (including phenoxy) is 1. The highest BCUT2D eigenvalue weighted by Gasteiger charge is 2.25. The summed E-state index contributed by atoms with van der Waals surface area (Å²) < 4.78 is 5.02. The Bertz CT molecular complexity index is 461. The highest BCUT2D eigenvalue weighted by molar-refractivity contribution is 7.18. The number of thiophene rings is 1.